The van der Waals surface area contributed by atoms with Crippen LogP contribution in [-0.4, -0.2) is 40.4 Å². The van der Waals surface area contributed by atoms with Crippen LogP contribution in [0.25, 0.3) is 0 Å². The highest BCUT2D eigenvalue weighted by Crippen LogP contribution is 2.34. The maximum Gasteiger partial charge on any atom is 0.271 e. The van der Waals surface area contributed by atoms with Crippen molar-refractivity contribution < 1.29 is 18.0 Å². The molecule has 0 bridgehead atoms. The third-order valence-electron chi connectivity index (χ3n) is 5.75. The maximum absolute atomic E-state index is 15.4. The number of aromatic nitrogens is 2. The molecule has 4 N–H and O–H groups in total. The molecule has 1 amide bonds. The fraction of sp³-hybridized carbons (Fsp3) is 0.375. The van der Waals surface area contributed by atoms with E-state index in [-0.39, 0.29) is 35.7 Å². The molecular weight excluding hydrogens is 445 g/mol. The zero-order valence-corrected chi connectivity index (χ0v) is 18.8. The molecular formula is C24H27F3N6O. The molecule has 1 aliphatic heterocycles. The molecule has 0 radical (unpaired) electrons. The summed E-state index contributed by atoms with van der Waals surface area (Å²) in [5.41, 5.74) is 6.81. The molecule has 2 heterocycles. The average molecular weight is 473 g/mol. The molecule has 1 aliphatic carbocycles. The van der Waals surface area contributed by atoms with Crippen LogP contribution in [0, 0.1) is 5.82 Å². The number of allylic oxidation sites excluding steroid dienone is 2. The second-order valence-corrected chi connectivity index (χ2v) is 8.68. The van der Waals surface area contributed by atoms with Crippen molar-refractivity contribution in [3.63, 3.8) is 0 Å². The summed E-state index contributed by atoms with van der Waals surface area (Å²) in [6.07, 6.45) is 7.69. The number of rotatable bonds is 10. The predicted molar refractivity (Wildman–Crippen MR) is 124 cm³/mol. The van der Waals surface area contributed by atoms with Crippen molar-refractivity contribution in [2.75, 3.05) is 16.8 Å². The molecule has 34 heavy (non-hydrogen) atoms. The molecule has 1 fully saturated rings. The number of hydrogen-bond acceptors (Lipinski definition) is 6. The molecule has 180 valence electrons. The lowest BCUT2D eigenvalue weighted by atomic mass is 10.1. The van der Waals surface area contributed by atoms with Crippen molar-refractivity contribution in [3.8, 4) is 0 Å². The predicted octanol–water partition coefficient (Wildman–Crippen LogP) is 3.29. The number of carbonyl (C=O) groups is 1. The summed E-state index contributed by atoms with van der Waals surface area (Å²) in [5.74, 6) is -3.62. The van der Waals surface area contributed by atoms with Gasteiger partial charge in [-0.05, 0) is 24.0 Å². The summed E-state index contributed by atoms with van der Waals surface area (Å²) in [5, 5.41) is 5.98. The molecule has 1 aromatic carbocycles. The summed E-state index contributed by atoms with van der Waals surface area (Å²) >= 11 is 0. The Morgan fingerprint density at radius 1 is 1.24 bits per heavy atom. The lowest BCUT2D eigenvalue weighted by Crippen LogP contribution is -2.41. The normalized spacial score (nSPS) is 17.6. The van der Waals surface area contributed by atoms with Crippen LogP contribution in [0.2, 0.25) is 0 Å². The van der Waals surface area contributed by atoms with Gasteiger partial charge in [0.1, 0.15) is 6.33 Å². The fourth-order valence-corrected chi connectivity index (χ4v) is 3.76. The minimum Gasteiger partial charge on any atom is -0.382 e. The van der Waals surface area contributed by atoms with Gasteiger partial charge in [0.2, 0.25) is 11.7 Å². The van der Waals surface area contributed by atoms with Crippen LogP contribution in [-0.2, 0) is 17.8 Å². The molecule has 2 aliphatic rings. The second-order valence-electron chi connectivity index (χ2n) is 8.68. The standard InChI is InChI=1S/C24H27F3N6O/c1-24(26,27)17-6-7-18(29-12-17)13-33(19-8-9-19)23-21(25)22(31-14-32-23)30-11-16-4-2-15(3-5-16)10-20(28)34/h2-7,12,14,18-19,29H,8-11,13H2,1H3,(H2,28,34)(H,30,31,32). The van der Waals surface area contributed by atoms with Gasteiger partial charge in [0.15, 0.2) is 11.6 Å². The average Bonchev–Trinajstić information content (AvgIpc) is 3.63. The van der Waals surface area contributed by atoms with Crippen molar-refractivity contribution >= 4 is 17.5 Å². The molecule has 1 unspecified atom stereocenters. The van der Waals surface area contributed by atoms with Crippen molar-refractivity contribution in [1.82, 2.24) is 15.3 Å². The van der Waals surface area contributed by atoms with E-state index in [0.717, 1.165) is 30.9 Å². The third kappa shape index (κ3) is 5.86. The van der Waals surface area contributed by atoms with Crippen LogP contribution in [0.3, 0.4) is 0 Å². The Bertz CT molecular complexity index is 1090. The summed E-state index contributed by atoms with van der Waals surface area (Å²) in [6.45, 7) is 1.57. The molecule has 2 aromatic rings. The van der Waals surface area contributed by atoms with Crippen LogP contribution in [0.1, 0.15) is 30.9 Å². The van der Waals surface area contributed by atoms with Gasteiger partial charge in [0, 0.05) is 37.8 Å². The highest BCUT2D eigenvalue weighted by atomic mass is 19.3. The van der Waals surface area contributed by atoms with E-state index >= 15 is 4.39 Å². The Kier molecular flexibility index (Phi) is 6.76. The van der Waals surface area contributed by atoms with Gasteiger partial charge >= 0.3 is 0 Å². The second kappa shape index (κ2) is 9.74. The number of halogens is 3. The number of carbonyl (C=O) groups excluding carboxylic acids is 1. The summed E-state index contributed by atoms with van der Waals surface area (Å²) < 4.78 is 42.4. The molecule has 0 saturated heterocycles. The largest absolute Gasteiger partial charge is 0.382 e. The first kappa shape index (κ1) is 23.6. The van der Waals surface area contributed by atoms with E-state index in [0.29, 0.717) is 13.1 Å². The van der Waals surface area contributed by atoms with Gasteiger partial charge in [-0.1, -0.05) is 36.4 Å². The summed E-state index contributed by atoms with van der Waals surface area (Å²) in [4.78, 5) is 21.1. The van der Waals surface area contributed by atoms with E-state index < -0.39 is 17.6 Å². The molecule has 1 saturated carbocycles. The lowest BCUT2D eigenvalue weighted by molar-refractivity contribution is -0.117. The van der Waals surface area contributed by atoms with E-state index in [4.69, 9.17) is 5.73 Å². The smallest absolute Gasteiger partial charge is 0.271 e. The Hall–Kier alpha value is -3.56. The Morgan fingerprint density at radius 2 is 1.94 bits per heavy atom. The van der Waals surface area contributed by atoms with Crippen molar-refractivity contribution in [1.29, 1.82) is 0 Å². The number of dihydropyridines is 1. The highest BCUT2D eigenvalue weighted by Gasteiger charge is 2.34. The Balaban J connectivity index is 1.43. The van der Waals surface area contributed by atoms with Gasteiger partial charge in [-0.3, -0.25) is 4.79 Å². The highest BCUT2D eigenvalue weighted by molar-refractivity contribution is 5.76. The van der Waals surface area contributed by atoms with Crippen LogP contribution < -0.4 is 21.3 Å². The molecule has 1 atom stereocenters. The van der Waals surface area contributed by atoms with Crippen molar-refractivity contribution in [3.05, 3.63) is 71.5 Å². The molecule has 7 nitrogen and oxygen atoms in total. The number of anilines is 2. The summed E-state index contributed by atoms with van der Waals surface area (Å²) in [6, 6.07) is 7.17. The number of nitrogens with one attached hydrogen (secondary N) is 2. The van der Waals surface area contributed by atoms with E-state index in [1.165, 1.54) is 18.6 Å². The van der Waals surface area contributed by atoms with Crippen molar-refractivity contribution in [2.24, 2.45) is 5.73 Å². The summed E-state index contributed by atoms with van der Waals surface area (Å²) in [7, 11) is 0. The zero-order chi connectivity index (χ0) is 24.3. The van der Waals surface area contributed by atoms with E-state index in [1.807, 2.05) is 17.0 Å². The number of amides is 1. The Labute approximate surface area is 196 Å². The fourth-order valence-electron chi connectivity index (χ4n) is 3.76. The van der Waals surface area contributed by atoms with Crippen molar-refractivity contribution in [2.45, 2.75) is 50.7 Å². The topological polar surface area (TPSA) is 96.2 Å². The van der Waals surface area contributed by atoms with Gasteiger partial charge in [-0.15, -0.1) is 0 Å². The maximum atomic E-state index is 15.4. The van der Waals surface area contributed by atoms with E-state index in [2.05, 4.69) is 20.6 Å². The number of hydrogen-bond donors (Lipinski definition) is 3. The van der Waals surface area contributed by atoms with Gasteiger partial charge in [0.25, 0.3) is 5.92 Å². The molecule has 0 spiro atoms. The number of nitrogens with zero attached hydrogens (tertiary/aromatic N) is 3. The van der Waals surface area contributed by atoms with Crippen LogP contribution in [0.5, 0.6) is 0 Å². The van der Waals surface area contributed by atoms with Gasteiger partial charge in [-0.25, -0.2) is 18.7 Å². The number of benzene rings is 1. The first-order valence-electron chi connectivity index (χ1n) is 11.1. The quantitative estimate of drug-likeness (QED) is 0.491. The van der Waals surface area contributed by atoms with Crippen LogP contribution in [0.15, 0.2) is 54.5 Å². The number of nitrogens with two attached hydrogens (primary N) is 1. The van der Waals surface area contributed by atoms with Gasteiger partial charge in [-0.2, -0.15) is 4.39 Å². The van der Waals surface area contributed by atoms with Gasteiger partial charge < -0.3 is 21.3 Å². The minimum atomic E-state index is -2.92. The molecule has 10 heteroatoms. The van der Waals surface area contributed by atoms with Gasteiger partial charge in [0.05, 0.1) is 12.5 Å². The SMILES string of the molecule is CC(F)(F)C1=CNC(CN(c2ncnc(NCc3ccc(CC(N)=O)cc3)c2F)C2CC2)C=C1. The van der Waals surface area contributed by atoms with Crippen LogP contribution in [0.4, 0.5) is 24.8 Å². The zero-order valence-electron chi connectivity index (χ0n) is 18.8. The Morgan fingerprint density at radius 3 is 2.53 bits per heavy atom. The monoisotopic (exact) mass is 472 g/mol. The first-order valence-corrected chi connectivity index (χ1v) is 11.1. The third-order valence-corrected chi connectivity index (χ3v) is 5.75. The van der Waals surface area contributed by atoms with Crippen LogP contribution >= 0.6 is 0 Å². The molecule has 1 aromatic heterocycles. The first-order chi connectivity index (χ1) is 16.2. The van der Waals surface area contributed by atoms with E-state index in [1.54, 1.807) is 18.2 Å². The number of alkyl halides is 2. The van der Waals surface area contributed by atoms with E-state index in [9.17, 15) is 13.6 Å². The number of primary amides is 1. The lowest BCUT2D eigenvalue weighted by Gasteiger charge is -2.30. The minimum absolute atomic E-state index is 0.0804. The molecule has 4 rings (SSSR count).